The van der Waals surface area contributed by atoms with Crippen molar-refractivity contribution in [1.82, 2.24) is 4.90 Å². The van der Waals surface area contributed by atoms with Gasteiger partial charge in [0.2, 0.25) is 0 Å². The molecule has 0 unspecified atom stereocenters. The van der Waals surface area contributed by atoms with Crippen molar-refractivity contribution in [1.29, 1.82) is 0 Å². The zero-order valence-electron chi connectivity index (χ0n) is 19.5. The summed E-state index contributed by atoms with van der Waals surface area (Å²) in [4.78, 5) is 25.9. The molecule has 6 nitrogen and oxygen atoms in total. The molecule has 172 valence electrons. The van der Waals surface area contributed by atoms with Crippen LogP contribution >= 0.6 is 0 Å². The maximum Gasteiger partial charge on any atom is 0.410 e. The van der Waals surface area contributed by atoms with Gasteiger partial charge in [-0.1, -0.05) is 60.2 Å². The maximum absolute atomic E-state index is 12.6. The van der Waals surface area contributed by atoms with Crippen LogP contribution in [-0.4, -0.2) is 38.2 Å². The molecule has 0 aliphatic carbocycles. The number of hydrogen-bond acceptors (Lipinski definition) is 5. The first kappa shape index (κ1) is 23.9. The maximum atomic E-state index is 12.6. The quantitative estimate of drug-likeness (QED) is 0.447. The smallest absolute Gasteiger partial charge is 0.410 e. The Morgan fingerprint density at radius 2 is 1.64 bits per heavy atom. The molecule has 0 fully saturated rings. The van der Waals surface area contributed by atoms with Gasteiger partial charge in [0.15, 0.2) is 0 Å². The van der Waals surface area contributed by atoms with Gasteiger partial charge in [-0.25, -0.2) is 4.79 Å². The van der Waals surface area contributed by atoms with E-state index in [4.69, 9.17) is 14.2 Å². The third-order valence-corrected chi connectivity index (χ3v) is 5.32. The molecule has 0 aromatic heterocycles. The average Bonchev–Trinajstić information content (AvgIpc) is 2.83. The van der Waals surface area contributed by atoms with Crippen molar-refractivity contribution < 1.29 is 23.8 Å². The van der Waals surface area contributed by atoms with Gasteiger partial charge in [-0.3, -0.25) is 4.79 Å². The first-order valence-electron chi connectivity index (χ1n) is 10.7. The van der Waals surface area contributed by atoms with Gasteiger partial charge < -0.3 is 19.1 Å². The van der Waals surface area contributed by atoms with Crippen molar-refractivity contribution in [2.45, 2.75) is 26.5 Å². The Hall–Kier alpha value is -3.80. The molecular weight excluding hydrogens is 418 g/mol. The monoisotopic (exact) mass is 447 g/mol. The van der Waals surface area contributed by atoms with E-state index in [9.17, 15) is 9.59 Å². The largest absolute Gasteiger partial charge is 0.496 e. The Labute approximate surface area is 194 Å². The molecule has 3 aromatic carbocycles. The molecule has 0 saturated carbocycles. The summed E-state index contributed by atoms with van der Waals surface area (Å²) in [5, 5.41) is 0. The Balaban J connectivity index is 1.85. The van der Waals surface area contributed by atoms with E-state index in [1.807, 2.05) is 73.7 Å². The summed E-state index contributed by atoms with van der Waals surface area (Å²) < 4.78 is 15.9. The predicted octanol–water partition coefficient (Wildman–Crippen LogP) is 5.15. The highest BCUT2D eigenvalue weighted by atomic mass is 16.6. The van der Waals surface area contributed by atoms with Crippen molar-refractivity contribution >= 4 is 12.1 Å². The van der Waals surface area contributed by atoms with Gasteiger partial charge in [-0.05, 0) is 41.3 Å². The minimum Gasteiger partial charge on any atom is -0.496 e. The number of esters is 1. The minimum atomic E-state index is -0.405. The predicted molar refractivity (Wildman–Crippen MR) is 127 cm³/mol. The second-order valence-electron chi connectivity index (χ2n) is 7.84. The van der Waals surface area contributed by atoms with E-state index in [1.54, 1.807) is 19.1 Å². The summed E-state index contributed by atoms with van der Waals surface area (Å²) in [6.07, 6.45) is -0.238. The molecule has 0 radical (unpaired) electrons. The van der Waals surface area contributed by atoms with Crippen LogP contribution in [0, 0.1) is 6.92 Å². The number of carbonyl (C=O) groups excluding carboxylic acids is 2. The highest BCUT2D eigenvalue weighted by Crippen LogP contribution is 2.34. The van der Waals surface area contributed by atoms with Crippen LogP contribution < -0.4 is 4.74 Å². The normalized spacial score (nSPS) is 10.4. The summed E-state index contributed by atoms with van der Waals surface area (Å²) in [6.45, 7) is 2.58. The summed E-state index contributed by atoms with van der Waals surface area (Å²) in [6, 6.07) is 21.3. The molecule has 0 saturated heterocycles. The van der Waals surface area contributed by atoms with Crippen LogP contribution in [0.15, 0.2) is 66.7 Å². The molecule has 3 aromatic rings. The number of benzene rings is 3. The average molecular weight is 448 g/mol. The third kappa shape index (κ3) is 6.35. The second-order valence-corrected chi connectivity index (χ2v) is 7.84. The van der Waals surface area contributed by atoms with Gasteiger partial charge in [0.25, 0.3) is 0 Å². The second kappa shape index (κ2) is 11.2. The zero-order chi connectivity index (χ0) is 23.8. The van der Waals surface area contributed by atoms with E-state index in [2.05, 4.69) is 0 Å². The minimum absolute atomic E-state index is 0.167. The van der Waals surface area contributed by atoms with E-state index >= 15 is 0 Å². The van der Waals surface area contributed by atoms with Crippen LogP contribution in [0.5, 0.6) is 5.75 Å². The molecule has 0 aliphatic heterocycles. The standard InChI is InChI=1S/C27H29NO5/c1-19-10-12-23(24-15-21(16-26(29)32-4)11-13-25(24)31-3)22(14-19)17-28(2)27(30)33-18-20-8-6-5-7-9-20/h5-15H,16-18H2,1-4H3. The lowest BCUT2D eigenvalue weighted by Crippen LogP contribution is -2.27. The fourth-order valence-electron chi connectivity index (χ4n) is 3.58. The number of hydrogen-bond donors (Lipinski definition) is 0. The number of amides is 1. The Bertz CT molecular complexity index is 1110. The molecule has 0 spiro atoms. The number of ether oxygens (including phenoxy) is 3. The van der Waals surface area contributed by atoms with Gasteiger partial charge in [-0.15, -0.1) is 0 Å². The molecule has 3 rings (SSSR count). The van der Waals surface area contributed by atoms with Gasteiger partial charge in [0, 0.05) is 19.2 Å². The molecule has 0 N–H and O–H groups in total. The lowest BCUT2D eigenvalue weighted by atomic mass is 9.94. The number of aryl methyl sites for hydroxylation is 1. The molecule has 1 amide bonds. The molecule has 6 heteroatoms. The molecule has 33 heavy (non-hydrogen) atoms. The summed E-state index contributed by atoms with van der Waals surface area (Å²) in [7, 11) is 4.70. The van der Waals surface area contributed by atoms with Gasteiger partial charge in [0.1, 0.15) is 12.4 Å². The van der Waals surface area contributed by atoms with Crippen molar-refractivity contribution in [3.05, 3.63) is 89.0 Å². The number of rotatable bonds is 8. The van der Waals surface area contributed by atoms with Crippen LogP contribution in [0.3, 0.4) is 0 Å². The van der Waals surface area contributed by atoms with Crippen LogP contribution in [-0.2, 0) is 33.8 Å². The van der Waals surface area contributed by atoms with Crippen LogP contribution in [0.2, 0.25) is 0 Å². The van der Waals surface area contributed by atoms with E-state index in [0.29, 0.717) is 12.3 Å². The van der Waals surface area contributed by atoms with Crippen LogP contribution in [0.25, 0.3) is 11.1 Å². The van der Waals surface area contributed by atoms with Crippen LogP contribution in [0.1, 0.15) is 22.3 Å². The topological polar surface area (TPSA) is 65.1 Å². The molecule has 0 atom stereocenters. The lowest BCUT2D eigenvalue weighted by Gasteiger charge is -2.21. The summed E-state index contributed by atoms with van der Waals surface area (Å²) in [5.74, 6) is 0.374. The van der Waals surface area contributed by atoms with E-state index in [1.165, 1.54) is 7.11 Å². The fraction of sp³-hybridized carbons (Fsp3) is 0.259. The van der Waals surface area contributed by atoms with Crippen molar-refractivity contribution in [2.75, 3.05) is 21.3 Å². The highest BCUT2D eigenvalue weighted by molar-refractivity contribution is 5.78. The SMILES string of the molecule is COC(=O)Cc1ccc(OC)c(-c2ccc(C)cc2CN(C)C(=O)OCc2ccccc2)c1. The zero-order valence-corrected chi connectivity index (χ0v) is 19.5. The number of carbonyl (C=O) groups is 2. The molecule has 0 heterocycles. The van der Waals surface area contributed by atoms with Gasteiger partial charge in [0.05, 0.1) is 20.6 Å². The van der Waals surface area contributed by atoms with E-state index in [0.717, 1.165) is 33.4 Å². The van der Waals surface area contributed by atoms with E-state index in [-0.39, 0.29) is 19.0 Å². The first-order valence-corrected chi connectivity index (χ1v) is 10.7. The van der Waals surface area contributed by atoms with Gasteiger partial charge >= 0.3 is 12.1 Å². The number of nitrogens with zero attached hydrogens (tertiary/aromatic N) is 1. The first-order chi connectivity index (χ1) is 15.9. The Morgan fingerprint density at radius 3 is 2.33 bits per heavy atom. The lowest BCUT2D eigenvalue weighted by molar-refractivity contribution is -0.139. The fourth-order valence-corrected chi connectivity index (χ4v) is 3.58. The highest BCUT2D eigenvalue weighted by Gasteiger charge is 2.17. The Kier molecular flexibility index (Phi) is 8.08. The third-order valence-electron chi connectivity index (χ3n) is 5.32. The summed E-state index contributed by atoms with van der Waals surface area (Å²) >= 11 is 0. The molecular formula is C27H29NO5. The Morgan fingerprint density at radius 1 is 0.879 bits per heavy atom. The van der Waals surface area contributed by atoms with Gasteiger partial charge in [-0.2, -0.15) is 0 Å². The molecule has 0 aliphatic rings. The molecule has 0 bridgehead atoms. The van der Waals surface area contributed by atoms with Crippen LogP contribution in [0.4, 0.5) is 4.79 Å². The van der Waals surface area contributed by atoms with E-state index < -0.39 is 6.09 Å². The van der Waals surface area contributed by atoms with Crippen molar-refractivity contribution in [3.8, 4) is 16.9 Å². The van der Waals surface area contributed by atoms with Crippen molar-refractivity contribution in [3.63, 3.8) is 0 Å². The number of methoxy groups -OCH3 is 2. The summed E-state index contributed by atoms with van der Waals surface area (Å²) in [5.41, 5.74) is 5.54. The van der Waals surface area contributed by atoms with Crippen molar-refractivity contribution in [2.24, 2.45) is 0 Å².